The number of hydrogen-bond donors (Lipinski definition) is 1. The lowest BCUT2D eigenvalue weighted by Gasteiger charge is -2.27. The SMILES string of the molecule is O=C1C[C@@H](c2ccccc2Br)c2cc3c(cc2N1)OCO3. The quantitative estimate of drug-likeness (QED) is 0.857. The Labute approximate surface area is 130 Å². The molecule has 0 saturated heterocycles. The van der Waals surface area contributed by atoms with Gasteiger partial charge in [0.05, 0.1) is 0 Å². The molecular weight excluding hydrogens is 334 g/mol. The number of benzene rings is 2. The number of halogens is 1. The number of hydrogen-bond acceptors (Lipinski definition) is 3. The van der Waals surface area contributed by atoms with Crippen LogP contribution in [-0.4, -0.2) is 12.7 Å². The molecule has 2 aromatic rings. The van der Waals surface area contributed by atoms with Gasteiger partial charge in [-0.1, -0.05) is 34.1 Å². The van der Waals surface area contributed by atoms with Gasteiger partial charge < -0.3 is 14.8 Å². The second-order valence-electron chi connectivity index (χ2n) is 5.12. The fraction of sp³-hybridized carbons (Fsp3) is 0.188. The lowest BCUT2D eigenvalue weighted by molar-refractivity contribution is -0.116. The molecule has 21 heavy (non-hydrogen) atoms. The normalized spacial score (nSPS) is 19.1. The number of carbonyl (C=O) groups is 1. The first kappa shape index (κ1) is 12.7. The lowest BCUT2D eigenvalue weighted by Crippen LogP contribution is -2.23. The monoisotopic (exact) mass is 345 g/mol. The number of fused-ring (bicyclic) bond motifs is 2. The molecule has 0 unspecified atom stereocenters. The molecule has 2 aliphatic rings. The molecule has 1 amide bonds. The summed E-state index contributed by atoms with van der Waals surface area (Å²) in [5, 5.41) is 2.92. The fourth-order valence-corrected chi connectivity index (χ4v) is 3.45. The van der Waals surface area contributed by atoms with Gasteiger partial charge in [0.25, 0.3) is 0 Å². The highest BCUT2D eigenvalue weighted by Gasteiger charge is 2.30. The van der Waals surface area contributed by atoms with Gasteiger partial charge >= 0.3 is 0 Å². The lowest BCUT2D eigenvalue weighted by atomic mass is 9.84. The fourth-order valence-electron chi connectivity index (χ4n) is 2.89. The highest BCUT2D eigenvalue weighted by atomic mass is 79.9. The van der Waals surface area contributed by atoms with Crippen LogP contribution in [-0.2, 0) is 4.79 Å². The van der Waals surface area contributed by atoms with Crippen molar-refractivity contribution >= 4 is 27.5 Å². The van der Waals surface area contributed by atoms with E-state index in [1.54, 1.807) is 0 Å². The van der Waals surface area contributed by atoms with E-state index in [1.165, 1.54) is 0 Å². The van der Waals surface area contributed by atoms with E-state index in [4.69, 9.17) is 9.47 Å². The molecule has 0 radical (unpaired) electrons. The van der Waals surface area contributed by atoms with Crippen molar-refractivity contribution in [1.82, 2.24) is 0 Å². The van der Waals surface area contributed by atoms with Crippen LogP contribution < -0.4 is 14.8 Å². The largest absolute Gasteiger partial charge is 0.454 e. The molecular formula is C16H12BrNO3. The van der Waals surface area contributed by atoms with Crippen LogP contribution in [0.2, 0.25) is 0 Å². The molecule has 0 bridgehead atoms. The summed E-state index contributed by atoms with van der Waals surface area (Å²) in [4.78, 5) is 12.0. The Morgan fingerprint density at radius 2 is 1.86 bits per heavy atom. The van der Waals surface area contributed by atoms with Crippen molar-refractivity contribution in [2.75, 3.05) is 12.1 Å². The third-order valence-corrected chi connectivity index (χ3v) is 4.59. The standard InChI is InChI=1S/C16H12BrNO3/c17-12-4-2-1-3-9(12)10-6-16(19)18-13-7-15-14(5-11(10)13)20-8-21-15/h1-5,7,10H,6,8H2,(H,18,19)/t10-/m0/s1. The molecule has 0 aromatic heterocycles. The van der Waals surface area contributed by atoms with Gasteiger partial charge in [-0.3, -0.25) is 4.79 Å². The minimum Gasteiger partial charge on any atom is -0.454 e. The van der Waals surface area contributed by atoms with Crippen LogP contribution >= 0.6 is 15.9 Å². The van der Waals surface area contributed by atoms with E-state index in [0.29, 0.717) is 12.2 Å². The Morgan fingerprint density at radius 3 is 2.67 bits per heavy atom. The van der Waals surface area contributed by atoms with E-state index < -0.39 is 0 Å². The third-order valence-electron chi connectivity index (χ3n) is 3.86. The average Bonchev–Trinajstić information content (AvgIpc) is 2.92. The summed E-state index contributed by atoms with van der Waals surface area (Å²) < 4.78 is 11.8. The second kappa shape index (κ2) is 4.77. The van der Waals surface area contributed by atoms with Crippen molar-refractivity contribution in [3.8, 4) is 11.5 Å². The zero-order valence-corrected chi connectivity index (χ0v) is 12.6. The summed E-state index contributed by atoms with van der Waals surface area (Å²) >= 11 is 3.58. The van der Waals surface area contributed by atoms with Crippen molar-refractivity contribution in [1.29, 1.82) is 0 Å². The number of anilines is 1. The van der Waals surface area contributed by atoms with Crippen molar-refractivity contribution < 1.29 is 14.3 Å². The molecule has 4 nitrogen and oxygen atoms in total. The van der Waals surface area contributed by atoms with E-state index in [1.807, 2.05) is 36.4 Å². The molecule has 0 spiro atoms. The molecule has 2 heterocycles. The first-order valence-corrected chi connectivity index (χ1v) is 7.49. The van der Waals surface area contributed by atoms with E-state index in [9.17, 15) is 4.79 Å². The zero-order valence-electron chi connectivity index (χ0n) is 11.1. The molecule has 5 heteroatoms. The van der Waals surface area contributed by atoms with Gasteiger partial charge in [0.15, 0.2) is 11.5 Å². The highest BCUT2D eigenvalue weighted by molar-refractivity contribution is 9.10. The molecule has 1 N–H and O–H groups in total. The van der Waals surface area contributed by atoms with Gasteiger partial charge in [-0.2, -0.15) is 0 Å². The van der Waals surface area contributed by atoms with Crippen LogP contribution in [0.25, 0.3) is 0 Å². The van der Waals surface area contributed by atoms with Crippen molar-refractivity contribution in [2.45, 2.75) is 12.3 Å². The predicted molar refractivity (Wildman–Crippen MR) is 81.8 cm³/mol. The van der Waals surface area contributed by atoms with E-state index >= 15 is 0 Å². The smallest absolute Gasteiger partial charge is 0.231 e. The molecule has 2 aromatic carbocycles. The maximum absolute atomic E-state index is 12.0. The molecule has 0 aliphatic carbocycles. The first-order valence-electron chi connectivity index (χ1n) is 6.70. The maximum Gasteiger partial charge on any atom is 0.231 e. The molecule has 0 fully saturated rings. The third kappa shape index (κ3) is 2.08. The average molecular weight is 346 g/mol. The topological polar surface area (TPSA) is 47.6 Å². The number of ether oxygens (including phenoxy) is 2. The summed E-state index contributed by atoms with van der Waals surface area (Å²) in [5.41, 5.74) is 2.97. The van der Waals surface area contributed by atoms with Gasteiger partial charge in [0, 0.05) is 28.6 Å². The Bertz CT molecular complexity index is 744. The first-order chi connectivity index (χ1) is 10.2. The Kier molecular flexibility index (Phi) is 2.89. The summed E-state index contributed by atoms with van der Waals surface area (Å²) in [5.74, 6) is 1.45. The minimum absolute atomic E-state index is 0.0128. The van der Waals surface area contributed by atoms with Crippen LogP contribution in [0.3, 0.4) is 0 Å². The second-order valence-corrected chi connectivity index (χ2v) is 5.97. The summed E-state index contributed by atoms with van der Waals surface area (Å²) in [7, 11) is 0. The zero-order chi connectivity index (χ0) is 14.4. The minimum atomic E-state index is 0.0128. The summed E-state index contributed by atoms with van der Waals surface area (Å²) in [6.07, 6.45) is 0.426. The highest BCUT2D eigenvalue weighted by Crippen LogP contribution is 2.45. The van der Waals surface area contributed by atoms with Gasteiger partial charge in [-0.15, -0.1) is 0 Å². The van der Waals surface area contributed by atoms with E-state index in [2.05, 4.69) is 21.2 Å². The van der Waals surface area contributed by atoms with Crippen LogP contribution in [0.1, 0.15) is 23.5 Å². The number of amides is 1. The van der Waals surface area contributed by atoms with Crippen molar-refractivity contribution in [2.24, 2.45) is 0 Å². The summed E-state index contributed by atoms with van der Waals surface area (Å²) in [6.45, 7) is 0.228. The van der Waals surface area contributed by atoms with Crippen LogP contribution in [0, 0.1) is 0 Å². The molecule has 4 rings (SSSR count). The maximum atomic E-state index is 12.0. The predicted octanol–water partition coefficient (Wildman–Crippen LogP) is 3.65. The van der Waals surface area contributed by atoms with E-state index in [-0.39, 0.29) is 18.6 Å². The van der Waals surface area contributed by atoms with Crippen molar-refractivity contribution in [3.63, 3.8) is 0 Å². The van der Waals surface area contributed by atoms with Gasteiger partial charge in [0.1, 0.15) is 0 Å². The molecule has 1 atom stereocenters. The van der Waals surface area contributed by atoms with Crippen LogP contribution in [0.15, 0.2) is 40.9 Å². The van der Waals surface area contributed by atoms with Crippen molar-refractivity contribution in [3.05, 3.63) is 52.0 Å². The van der Waals surface area contributed by atoms with Gasteiger partial charge in [-0.05, 0) is 23.3 Å². The van der Waals surface area contributed by atoms with Gasteiger partial charge in [-0.25, -0.2) is 0 Å². The summed E-state index contributed by atoms with van der Waals surface area (Å²) in [6, 6.07) is 11.8. The Morgan fingerprint density at radius 1 is 1.10 bits per heavy atom. The van der Waals surface area contributed by atoms with E-state index in [0.717, 1.165) is 27.0 Å². The number of nitrogens with one attached hydrogen (secondary N) is 1. The Hall–Kier alpha value is -2.01. The Balaban J connectivity index is 1.88. The number of carbonyl (C=O) groups excluding carboxylic acids is 1. The molecule has 0 saturated carbocycles. The molecule has 106 valence electrons. The van der Waals surface area contributed by atoms with Gasteiger partial charge in [0.2, 0.25) is 12.7 Å². The number of rotatable bonds is 1. The molecule has 2 aliphatic heterocycles. The van der Waals surface area contributed by atoms with Crippen LogP contribution in [0.5, 0.6) is 11.5 Å². The van der Waals surface area contributed by atoms with Crippen LogP contribution in [0.4, 0.5) is 5.69 Å².